The molecule has 1 aromatic heterocycles. The molecule has 0 fully saturated rings. The van der Waals surface area contributed by atoms with Gasteiger partial charge in [0.2, 0.25) is 0 Å². The third kappa shape index (κ3) is 2.56. The van der Waals surface area contributed by atoms with Gasteiger partial charge in [0, 0.05) is 20.3 Å². The van der Waals surface area contributed by atoms with Gasteiger partial charge in [0.1, 0.15) is 5.56 Å². The van der Waals surface area contributed by atoms with Crippen molar-refractivity contribution in [1.82, 2.24) is 9.55 Å². The molecular weight excluding hydrogens is 364 g/mol. The fourth-order valence-electron chi connectivity index (χ4n) is 2.63. The van der Waals surface area contributed by atoms with Crippen LogP contribution < -0.4 is 19.9 Å². The van der Waals surface area contributed by atoms with Crippen LogP contribution in [0.2, 0.25) is 0 Å². The Bertz CT molecular complexity index is 1120. The molecule has 2 heterocycles. The van der Waals surface area contributed by atoms with Gasteiger partial charge in [-0.15, -0.1) is 0 Å². The predicted molar refractivity (Wildman–Crippen MR) is 94.3 cm³/mol. The maximum atomic E-state index is 12.2. The molecule has 26 heavy (non-hydrogen) atoms. The van der Waals surface area contributed by atoms with E-state index in [1.54, 1.807) is 6.92 Å². The number of aromatic amines is 1. The van der Waals surface area contributed by atoms with Crippen LogP contribution in [0.25, 0.3) is 5.69 Å². The van der Waals surface area contributed by atoms with Crippen LogP contribution in [0.3, 0.4) is 0 Å². The first-order chi connectivity index (χ1) is 12.2. The van der Waals surface area contributed by atoms with Crippen molar-refractivity contribution >= 4 is 27.6 Å². The molecule has 1 N–H and O–H groups in total. The molecule has 2 aromatic rings. The third-order valence-corrected chi connectivity index (χ3v) is 5.82. The van der Waals surface area contributed by atoms with E-state index in [4.69, 9.17) is 4.74 Å². The number of carbonyl (C=O) groups excluding carboxylic acids is 1. The normalized spacial score (nSPS) is 15.0. The van der Waals surface area contributed by atoms with Crippen molar-refractivity contribution in [2.45, 2.75) is 6.92 Å². The molecular formula is C15H16N4O6S. The summed E-state index contributed by atoms with van der Waals surface area (Å²) < 4.78 is 32.4. The lowest BCUT2D eigenvalue weighted by molar-refractivity contribution is 0.0523. The minimum absolute atomic E-state index is 0.0746. The van der Waals surface area contributed by atoms with Crippen molar-refractivity contribution in [3.05, 3.63) is 50.8 Å². The number of nitrogens with one attached hydrogen (secondary N) is 1. The molecule has 0 unspecified atom stereocenters. The van der Waals surface area contributed by atoms with Crippen molar-refractivity contribution in [2.75, 3.05) is 29.3 Å². The predicted octanol–water partition coefficient (Wildman–Crippen LogP) is -0.167. The molecule has 0 saturated carbocycles. The molecule has 0 saturated heterocycles. The van der Waals surface area contributed by atoms with E-state index in [-0.39, 0.29) is 17.9 Å². The Morgan fingerprint density at radius 1 is 1.15 bits per heavy atom. The second kappa shape index (κ2) is 6.02. The van der Waals surface area contributed by atoms with Crippen LogP contribution in [0.5, 0.6) is 0 Å². The number of hydrogen-bond donors (Lipinski definition) is 1. The van der Waals surface area contributed by atoms with Gasteiger partial charge in [0.15, 0.2) is 0 Å². The SMILES string of the molecule is CCOC(=O)c1cn(-c2ccc3c(c2)N(C)S(=O)(=O)N3C)c(=O)[nH]c1=O. The van der Waals surface area contributed by atoms with E-state index >= 15 is 0 Å². The van der Waals surface area contributed by atoms with Gasteiger partial charge in [-0.2, -0.15) is 8.42 Å². The number of aromatic nitrogens is 2. The van der Waals surface area contributed by atoms with Crippen LogP contribution >= 0.6 is 0 Å². The van der Waals surface area contributed by atoms with Crippen molar-refractivity contribution in [1.29, 1.82) is 0 Å². The number of hydrogen-bond acceptors (Lipinski definition) is 6. The smallest absolute Gasteiger partial charge is 0.345 e. The summed E-state index contributed by atoms with van der Waals surface area (Å²) in [4.78, 5) is 37.9. The van der Waals surface area contributed by atoms with Gasteiger partial charge in [-0.05, 0) is 25.1 Å². The Balaban J connectivity index is 2.17. The molecule has 0 radical (unpaired) electrons. The molecule has 1 aliphatic rings. The zero-order valence-electron chi connectivity index (χ0n) is 14.2. The van der Waals surface area contributed by atoms with Crippen molar-refractivity contribution in [2.24, 2.45) is 0 Å². The molecule has 11 heteroatoms. The molecule has 1 aliphatic heterocycles. The van der Waals surface area contributed by atoms with Crippen molar-refractivity contribution < 1.29 is 17.9 Å². The maximum Gasteiger partial charge on any atom is 0.345 e. The first kappa shape index (κ1) is 17.7. The average Bonchev–Trinajstić information content (AvgIpc) is 2.75. The number of ether oxygens (including phenoxy) is 1. The van der Waals surface area contributed by atoms with E-state index < -0.39 is 27.4 Å². The lowest BCUT2D eigenvalue weighted by atomic mass is 10.2. The summed E-state index contributed by atoms with van der Waals surface area (Å²) in [5.74, 6) is -0.858. The first-order valence-corrected chi connectivity index (χ1v) is 8.98. The first-order valence-electron chi connectivity index (χ1n) is 7.58. The number of nitrogens with zero attached hydrogens (tertiary/aromatic N) is 3. The van der Waals surface area contributed by atoms with E-state index in [1.807, 2.05) is 0 Å². The highest BCUT2D eigenvalue weighted by atomic mass is 32.2. The number of anilines is 2. The minimum atomic E-state index is -3.66. The van der Waals surface area contributed by atoms with Crippen LogP contribution in [0.4, 0.5) is 11.4 Å². The summed E-state index contributed by atoms with van der Waals surface area (Å²) in [6.45, 7) is 1.67. The number of esters is 1. The number of fused-ring (bicyclic) bond motifs is 1. The van der Waals surface area contributed by atoms with Crippen LogP contribution in [0, 0.1) is 0 Å². The van der Waals surface area contributed by atoms with E-state index in [1.165, 1.54) is 32.3 Å². The van der Waals surface area contributed by atoms with E-state index in [0.29, 0.717) is 11.4 Å². The van der Waals surface area contributed by atoms with Gasteiger partial charge in [0.25, 0.3) is 5.56 Å². The van der Waals surface area contributed by atoms with Crippen molar-refractivity contribution in [3.63, 3.8) is 0 Å². The molecule has 0 amide bonds. The van der Waals surface area contributed by atoms with Gasteiger partial charge in [0.05, 0.1) is 23.7 Å². The number of rotatable bonds is 3. The van der Waals surface area contributed by atoms with Crippen molar-refractivity contribution in [3.8, 4) is 5.69 Å². The highest BCUT2D eigenvalue weighted by Crippen LogP contribution is 2.39. The Hall–Kier alpha value is -3.08. The van der Waals surface area contributed by atoms with Gasteiger partial charge in [-0.1, -0.05) is 0 Å². The Kier molecular flexibility index (Phi) is 4.11. The fraction of sp³-hybridized carbons (Fsp3) is 0.267. The number of H-pyrrole nitrogens is 1. The fourth-order valence-corrected chi connectivity index (χ4v) is 3.79. The molecule has 3 rings (SSSR count). The quantitative estimate of drug-likeness (QED) is 0.738. The molecule has 1 aromatic carbocycles. The van der Waals surface area contributed by atoms with E-state index in [9.17, 15) is 22.8 Å². The number of carbonyl (C=O) groups is 1. The Labute approximate surface area is 148 Å². The maximum absolute atomic E-state index is 12.2. The second-order valence-electron chi connectivity index (χ2n) is 5.51. The number of benzene rings is 1. The largest absolute Gasteiger partial charge is 0.462 e. The summed E-state index contributed by atoms with van der Waals surface area (Å²) in [6, 6.07) is 4.52. The topological polar surface area (TPSA) is 122 Å². The lowest BCUT2D eigenvalue weighted by Gasteiger charge is -2.13. The summed E-state index contributed by atoms with van der Waals surface area (Å²) in [7, 11) is -0.851. The molecule has 138 valence electrons. The molecule has 0 aliphatic carbocycles. The Morgan fingerprint density at radius 3 is 2.46 bits per heavy atom. The molecule has 0 atom stereocenters. The van der Waals surface area contributed by atoms with Crippen LogP contribution in [-0.4, -0.2) is 44.6 Å². The van der Waals surface area contributed by atoms with E-state index in [2.05, 4.69) is 4.98 Å². The summed E-state index contributed by atoms with van der Waals surface area (Å²) in [6.07, 6.45) is 1.08. The highest BCUT2D eigenvalue weighted by molar-refractivity contribution is 7.94. The lowest BCUT2D eigenvalue weighted by Crippen LogP contribution is -2.33. The standard InChI is InChI=1S/C15H16N4O6S/c1-4-25-14(21)10-8-19(15(22)16-13(10)20)9-5-6-11-12(7-9)18(3)26(23,24)17(11)2/h5-8H,4H2,1-3H3,(H,16,20,22). The third-order valence-electron chi connectivity index (χ3n) is 4.05. The summed E-state index contributed by atoms with van der Waals surface area (Å²) in [5.41, 5.74) is -0.858. The van der Waals surface area contributed by atoms with Gasteiger partial charge in [-0.25, -0.2) is 9.59 Å². The highest BCUT2D eigenvalue weighted by Gasteiger charge is 2.35. The molecule has 0 spiro atoms. The Morgan fingerprint density at radius 2 is 1.81 bits per heavy atom. The molecule has 10 nitrogen and oxygen atoms in total. The zero-order valence-corrected chi connectivity index (χ0v) is 15.0. The average molecular weight is 380 g/mol. The monoisotopic (exact) mass is 380 g/mol. The van der Waals surface area contributed by atoms with Gasteiger partial charge in [-0.3, -0.25) is 23.0 Å². The van der Waals surface area contributed by atoms with Gasteiger partial charge < -0.3 is 4.74 Å². The summed E-state index contributed by atoms with van der Waals surface area (Å²) >= 11 is 0. The second-order valence-corrected chi connectivity index (χ2v) is 7.50. The van der Waals surface area contributed by atoms with Crippen LogP contribution in [0.15, 0.2) is 34.0 Å². The minimum Gasteiger partial charge on any atom is -0.462 e. The summed E-state index contributed by atoms with van der Waals surface area (Å²) in [5, 5.41) is 0. The van der Waals surface area contributed by atoms with E-state index in [0.717, 1.165) is 19.4 Å². The van der Waals surface area contributed by atoms with Crippen LogP contribution in [-0.2, 0) is 14.9 Å². The van der Waals surface area contributed by atoms with Crippen LogP contribution in [0.1, 0.15) is 17.3 Å². The molecule has 0 bridgehead atoms. The zero-order chi connectivity index (χ0) is 19.2. The van der Waals surface area contributed by atoms with Gasteiger partial charge >= 0.3 is 21.9 Å².